The quantitative estimate of drug-likeness (QED) is 0.220. The number of halogens is 1. The topological polar surface area (TPSA) is 133 Å². The molecule has 36 heavy (non-hydrogen) atoms. The Labute approximate surface area is 209 Å². The maximum Gasteiger partial charge on any atom is 0.355 e. The van der Waals surface area contributed by atoms with Crippen LogP contribution in [0.4, 0.5) is 4.39 Å². The van der Waals surface area contributed by atoms with Gasteiger partial charge in [-0.2, -0.15) is 0 Å². The summed E-state index contributed by atoms with van der Waals surface area (Å²) < 4.78 is 42.8. The zero-order valence-corrected chi connectivity index (χ0v) is 20.9. The normalized spacial score (nSPS) is 14.6. The molecule has 0 bridgehead atoms. The lowest BCUT2D eigenvalue weighted by atomic mass is 10.2. The van der Waals surface area contributed by atoms with Crippen LogP contribution in [-0.4, -0.2) is 37.9 Å². The van der Waals surface area contributed by atoms with Crippen molar-refractivity contribution in [2.45, 2.75) is 25.5 Å². The van der Waals surface area contributed by atoms with E-state index in [1.165, 1.54) is 43.6 Å². The Hall–Kier alpha value is -3.60. The van der Waals surface area contributed by atoms with E-state index in [0.717, 1.165) is 11.3 Å². The zero-order valence-electron chi connectivity index (χ0n) is 19.2. The zero-order chi connectivity index (χ0) is 25.9. The highest BCUT2D eigenvalue weighted by Gasteiger charge is 2.41. The third-order valence-corrected chi connectivity index (χ3v) is 8.41. The van der Waals surface area contributed by atoms with Crippen molar-refractivity contribution in [3.05, 3.63) is 77.2 Å². The number of fused-ring (bicyclic) bond motifs is 1. The Kier molecular flexibility index (Phi) is 7.48. The number of ether oxygens (including phenoxy) is 1. The van der Waals surface area contributed by atoms with Crippen LogP contribution in [0.15, 0.2) is 60.9 Å². The molecule has 188 valence electrons. The van der Waals surface area contributed by atoms with Crippen LogP contribution in [0.1, 0.15) is 33.9 Å². The largest absolute Gasteiger partial charge is 0.477 e. The number of thiophene rings is 1. The Morgan fingerprint density at radius 3 is 2.64 bits per heavy atom. The third-order valence-electron chi connectivity index (χ3n) is 5.18. The molecule has 4 rings (SSSR count). The first-order chi connectivity index (χ1) is 17.2. The van der Waals surface area contributed by atoms with Crippen LogP contribution >= 0.6 is 18.9 Å². The predicted octanol–water partition coefficient (Wildman–Crippen LogP) is 4.69. The number of aryl methyl sites for hydroxylation is 1. The summed E-state index contributed by atoms with van der Waals surface area (Å²) in [7, 11) is -2.73. The van der Waals surface area contributed by atoms with Crippen LogP contribution in [0.5, 0.6) is 5.75 Å². The van der Waals surface area contributed by atoms with Crippen molar-refractivity contribution in [1.82, 2.24) is 19.9 Å². The number of para-hydroxylation sites is 1. The van der Waals surface area contributed by atoms with Gasteiger partial charge in [-0.1, -0.05) is 24.3 Å². The third kappa shape index (κ3) is 5.62. The number of carbonyl (C=O) groups is 2. The number of hydrogen-bond donors (Lipinski definition) is 2. The van der Waals surface area contributed by atoms with Gasteiger partial charge in [0.15, 0.2) is 12.4 Å². The van der Waals surface area contributed by atoms with E-state index in [1.54, 1.807) is 35.9 Å². The summed E-state index contributed by atoms with van der Waals surface area (Å²) in [5.74, 6) is -3.53. The first-order valence-electron chi connectivity index (χ1n) is 10.7. The lowest BCUT2D eigenvalue weighted by Gasteiger charge is -2.26. The van der Waals surface area contributed by atoms with Gasteiger partial charge in [0.2, 0.25) is 5.91 Å². The van der Waals surface area contributed by atoms with E-state index in [4.69, 9.17) is 9.26 Å². The Bertz CT molecular complexity index is 1440. The van der Waals surface area contributed by atoms with Gasteiger partial charge in [-0.05, 0) is 48.2 Å². The van der Waals surface area contributed by atoms with E-state index in [0.29, 0.717) is 15.9 Å². The number of aromatic carboxylic acids is 1. The molecule has 0 saturated carbocycles. The fourth-order valence-electron chi connectivity index (χ4n) is 3.31. The summed E-state index contributed by atoms with van der Waals surface area (Å²) in [4.78, 5) is 24.0. The van der Waals surface area contributed by atoms with E-state index >= 15 is 4.39 Å². The van der Waals surface area contributed by atoms with Gasteiger partial charge in [0.05, 0.1) is 0 Å². The highest BCUT2D eigenvalue weighted by molar-refractivity contribution is 7.57. The number of esters is 1. The number of nitrogens with zero attached hydrogens (tertiary/aromatic N) is 3. The molecule has 1 unspecified atom stereocenters. The fourth-order valence-corrected chi connectivity index (χ4v) is 6.10. The minimum atomic E-state index is -4.41. The predicted molar refractivity (Wildman–Crippen MR) is 131 cm³/mol. The molecular weight excluding hydrogens is 510 g/mol. The molecule has 4 aromatic rings. The molecule has 0 aliphatic rings. The molecule has 0 saturated heterocycles. The monoisotopic (exact) mass is 532 g/mol. The molecular formula is C23H22FN4O6PS. The number of nitrogens with one attached hydrogen (secondary N) is 1. The number of rotatable bonds is 10. The second-order valence-corrected chi connectivity index (χ2v) is 11.0. The molecule has 0 aliphatic heterocycles. The van der Waals surface area contributed by atoms with E-state index < -0.39 is 31.4 Å². The van der Waals surface area contributed by atoms with Crippen LogP contribution in [0.3, 0.4) is 0 Å². The Morgan fingerprint density at radius 2 is 1.97 bits per heavy atom. The van der Waals surface area contributed by atoms with E-state index in [-0.39, 0.29) is 22.8 Å². The maximum absolute atomic E-state index is 15.9. The van der Waals surface area contributed by atoms with Gasteiger partial charge in [0, 0.05) is 11.7 Å². The second kappa shape index (κ2) is 10.6. The van der Waals surface area contributed by atoms with Gasteiger partial charge < -0.3 is 18.9 Å². The number of aromatic nitrogens is 3. The molecule has 0 amide bonds. The highest BCUT2D eigenvalue weighted by Crippen LogP contribution is 2.58. The van der Waals surface area contributed by atoms with E-state index in [2.05, 4.69) is 15.3 Å². The molecule has 3 atom stereocenters. The van der Waals surface area contributed by atoms with Crippen molar-refractivity contribution in [3.8, 4) is 5.75 Å². The number of carboxylic acid groups (broad SMARTS) is 1. The summed E-state index contributed by atoms with van der Waals surface area (Å²) in [5.41, 5.74) is 0.00338. The molecule has 2 aromatic heterocycles. The first kappa shape index (κ1) is 25.5. The maximum atomic E-state index is 15.9. The molecule has 0 spiro atoms. The molecule has 0 radical (unpaired) electrons. The number of hydrogen-bond acceptors (Lipinski definition) is 8. The summed E-state index contributed by atoms with van der Waals surface area (Å²) in [5, 5.41) is 19.8. The molecule has 2 N–H and O–H groups in total. The molecule has 2 heterocycles. The fraction of sp³-hybridized carbons (Fsp3) is 0.217. The summed E-state index contributed by atoms with van der Waals surface area (Å²) in [6.07, 6.45) is 1.45. The van der Waals surface area contributed by atoms with Crippen LogP contribution in [0.25, 0.3) is 10.1 Å². The number of carbonyl (C=O) groups excluding carboxylic acids is 1. The Morgan fingerprint density at radius 1 is 1.22 bits per heavy atom. The Balaban J connectivity index is 1.59. The molecule has 0 aliphatic carbocycles. The number of alkyl halides is 1. The van der Waals surface area contributed by atoms with Crippen molar-refractivity contribution in [1.29, 1.82) is 0 Å². The van der Waals surface area contributed by atoms with Crippen molar-refractivity contribution >= 4 is 40.9 Å². The van der Waals surface area contributed by atoms with E-state index in [1.807, 2.05) is 0 Å². The van der Waals surface area contributed by atoms with Gasteiger partial charge in [-0.3, -0.25) is 9.36 Å². The van der Waals surface area contributed by atoms with Gasteiger partial charge >= 0.3 is 19.5 Å². The summed E-state index contributed by atoms with van der Waals surface area (Å²) in [6.45, 7) is 1.21. The molecule has 13 heteroatoms. The first-order valence-corrected chi connectivity index (χ1v) is 13.2. The standard InChI is InChI=1S/C23H22FN4O6PS/c1-14(23(31)33-12-20-26-25-13-28(20)2)27-35(32,34-17-6-4-3-5-7-17)21(24)15-8-9-18-16(10-15)11-19(36-18)22(29)30/h3-11,13-14,21H,12H2,1-2H3,(H,27,32)(H,29,30)/t14-,21+,35?/m0/s1. The molecule has 2 aromatic carbocycles. The minimum absolute atomic E-state index is 0.00338. The van der Waals surface area contributed by atoms with Crippen LogP contribution in [-0.2, 0) is 27.8 Å². The average Bonchev–Trinajstić information content (AvgIpc) is 3.48. The van der Waals surface area contributed by atoms with Crippen LogP contribution in [0, 0.1) is 0 Å². The smallest absolute Gasteiger partial charge is 0.355 e. The van der Waals surface area contributed by atoms with Crippen molar-refractivity contribution in [2.75, 3.05) is 0 Å². The number of benzene rings is 2. The average molecular weight is 532 g/mol. The van der Waals surface area contributed by atoms with Gasteiger partial charge in [-0.25, -0.2) is 14.3 Å². The van der Waals surface area contributed by atoms with Crippen molar-refractivity contribution in [2.24, 2.45) is 7.05 Å². The van der Waals surface area contributed by atoms with Crippen molar-refractivity contribution < 1.29 is 32.9 Å². The lowest BCUT2D eigenvalue weighted by Crippen LogP contribution is -2.35. The van der Waals surface area contributed by atoms with E-state index in [9.17, 15) is 19.3 Å². The number of carboxylic acids is 1. The van der Waals surface area contributed by atoms with Gasteiger partial charge in [-0.15, -0.1) is 21.5 Å². The van der Waals surface area contributed by atoms with Crippen LogP contribution in [0.2, 0.25) is 0 Å². The van der Waals surface area contributed by atoms with Crippen LogP contribution < -0.4 is 9.61 Å². The summed E-state index contributed by atoms with van der Waals surface area (Å²) >= 11 is 1.05. The second-order valence-electron chi connectivity index (χ2n) is 7.87. The van der Waals surface area contributed by atoms with Gasteiger partial charge in [0.1, 0.15) is 23.0 Å². The minimum Gasteiger partial charge on any atom is -0.477 e. The van der Waals surface area contributed by atoms with Crippen molar-refractivity contribution in [3.63, 3.8) is 0 Å². The highest BCUT2D eigenvalue weighted by atomic mass is 32.1. The molecule has 0 fully saturated rings. The molecule has 10 nitrogen and oxygen atoms in total. The SMILES string of the molecule is C[C@H](NP(=O)(Oc1ccccc1)[C@@H](F)c1ccc2sc(C(=O)O)cc2c1)C(=O)OCc1nncn1C. The lowest BCUT2D eigenvalue weighted by molar-refractivity contribution is -0.146. The summed E-state index contributed by atoms with van der Waals surface area (Å²) in [6, 6.07) is 12.6. The van der Waals surface area contributed by atoms with Gasteiger partial charge in [0.25, 0.3) is 0 Å².